The number of aliphatic carboxylic acids is 1. The highest BCUT2D eigenvalue weighted by molar-refractivity contribution is 6.44. The van der Waals surface area contributed by atoms with E-state index in [-0.39, 0.29) is 20.8 Å². The molecule has 0 aromatic heterocycles. The summed E-state index contributed by atoms with van der Waals surface area (Å²) in [5, 5.41) is 12.6. The van der Waals surface area contributed by atoms with Gasteiger partial charge in [-0.05, 0) is 31.9 Å². The molecule has 21 heavy (non-hydrogen) atoms. The van der Waals surface area contributed by atoms with Gasteiger partial charge in [0.2, 0.25) is 0 Å². The molecule has 0 radical (unpaired) electrons. The molecule has 0 aliphatic carbocycles. The van der Waals surface area contributed by atoms with Gasteiger partial charge in [0.05, 0.1) is 20.8 Å². The normalized spacial score (nSPS) is 21.4. The molecule has 1 saturated heterocycles. The van der Waals surface area contributed by atoms with Crippen LogP contribution in [0.15, 0.2) is 12.1 Å². The van der Waals surface area contributed by atoms with E-state index in [0.29, 0.717) is 19.4 Å². The quantitative estimate of drug-likeness (QED) is 0.788. The molecular weight excluding hydrogens is 339 g/mol. The van der Waals surface area contributed by atoms with Crippen LogP contribution in [0.3, 0.4) is 0 Å². The minimum Gasteiger partial charge on any atom is -0.480 e. The van der Waals surface area contributed by atoms with Crippen LogP contribution in [0.2, 0.25) is 15.1 Å². The molecule has 1 aliphatic rings. The van der Waals surface area contributed by atoms with Crippen LogP contribution in [0.4, 0.5) is 10.5 Å². The highest BCUT2D eigenvalue weighted by atomic mass is 35.5. The zero-order valence-corrected chi connectivity index (χ0v) is 13.4. The van der Waals surface area contributed by atoms with Gasteiger partial charge in [-0.3, -0.25) is 0 Å². The number of benzene rings is 1. The summed E-state index contributed by atoms with van der Waals surface area (Å²) < 4.78 is 0. The fraction of sp³-hybridized carbons (Fsp3) is 0.385. The average molecular weight is 352 g/mol. The number of urea groups is 1. The van der Waals surface area contributed by atoms with Crippen molar-refractivity contribution in [3.63, 3.8) is 0 Å². The van der Waals surface area contributed by atoms with Crippen LogP contribution in [0.1, 0.15) is 19.8 Å². The molecule has 0 bridgehead atoms. The van der Waals surface area contributed by atoms with Gasteiger partial charge >= 0.3 is 12.0 Å². The van der Waals surface area contributed by atoms with Crippen molar-refractivity contribution in [2.75, 3.05) is 11.9 Å². The maximum absolute atomic E-state index is 12.3. The van der Waals surface area contributed by atoms with Crippen LogP contribution in [0, 0.1) is 0 Å². The molecule has 8 heteroatoms. The van der Waals surface area contributed by atoms with E-state index in [0.717, 1.165) is 0 Å². The standard InChI is InChI=1S/C13H13Cl3N2O3/c1-13(11(19)20)3-2-4-18(13)12(21)17-10-6-8(15)7(14)5-9(10)16/h5-6H,2-4H2,1H3,(H,17,21)(H,19,20). The first-order valence-corrected chi connectivity index (χ1v) is 7.35. The van der Waals surface area contributed by atoms with Crippen molar-refractivity contribution < 1.29 is 14.7 Å². The van der Waals surface area contributed by atoms with E-state index >= 15 is 0 Å². The molecule has 1 aliphatic heterocycles. The van der Waals surface area contributed by atoms with Gasteiger partial charge in [0.15, 0.2) is 0 Å². The average Bonchev–Trinajstić information content (AvgIpc) is 2.79. The van der Waals surface area contributed by atoms with E-state index in [9.17, 15) is 14.7 Å². The Morgan fingerprint density at radius 1 is 1.24 bits per heavy atom. The number of carboxylic acid groups (broad SMARTS) is 1. The molecule has 1 atom stereocenters. The number of rotatable bonds is 2. The molecule has 1 unspecified atom stereocenters. The number of nitrogens with zero attached hydrogens (tertiary/aromatic N) is 1. The maximum atomic E-state index is 12.3. The first kappa shape index (κ1) is 16.2. The van der Waals surface area contributed by atoms with Crippen LogP contribution in [-0.2, 0) is 4.79 Å². The van der Waals surface area contributed by atoms with E-state index in [1.807, 2.05) is 0 Å². The lowest BCUT2D eigenvalue weighted by molar-refractivity contribution is -0.146. The smallest absolute Gasteiger partial charge is 0.329 e. The number of carbonyl (C=O) groups excluding carboxylic acids is 1. The molecule has 1 aromatic rings. The Morgan fingerprint density at radius 3 is 2.48 bits per heavy atom. The Bertz CT molecular complexity index is 609. The molecule has 5 nitrogen and oxygen atoms in total. The molecule has 114 valence electrons. The predicted molar refractivity (Wildman–Crippen MR) is 82.5 cm³/mol. The second-order valence-electron chi connectivity index (χ2n) is 5.01. The van der Waals surface area contributed by atoms with Gasteiger partial charge in [0, 0.05) is 6.54 Å². The molecule has 2 N–H and O–H groups in total. The summed E-state index contributed by atoms with van der Waals surface area (Å²) >= 11 is 17.7. The minimum absolute atomic E-state index is 0.231. The van der Waals surface area contributed by atoms with Crippen LogP contribution in [-0.4, -0.2) is 34.1 Å². The van der Waals surface area contributed by atoms with Crippen molar-refractivity contribution in [3.8, 4) is 0 Å². The molecule has 2 rings (SSSR count). The molecule has 1 heterocycles. The van der Waals surface area contributed by atoms with Gasteiger partial charge in [-0.15, -0.1) is 0 Å². The molecular formula is C13H13Cl3N2O3. The lowest BCUT2D eigenvalue weighted by atomic mass is 10.00. The lowest BCUT2D eigenvalue weighted by Crippen LogP contribution is -2.52. The summed E-state index contributed by atoms with van der Waals surface area (Å²) in [5.74, 6) is -1.03. The first-order chi connectivity index (χ1) is 9.75. The molecule has 0 spiro atoms. The van der Waals surface area contributed by atoms with Gasteiger partial charge in [-0.25, -0.2) is 9.59 Å². The number of hydrogen-bond donors (Lipinski definition) is 2. The Balaban J connectivity index is 2.22. The zero-order valence-electron chi connectivity index (χ0n) is 11.1. The summed E-state index contributed by atoms with van der Waals surface area (Å²) in [4.78, 5) is 25.0. The molecule has 1 fully saturated rings. The fourth-order valence-electron chi connectivity index (χ4n) is 2.31. The predicted octanol–water partition coefficient (Wildman–Crippen LogP) is 4.12. The van der Waals surface area contributed by atoms with Gasteiger partial charge in [-0.1, -0.05) is 34.8 Å². The zero-order chi connectivity index (χ0) is 15.8. The van der Waals surface area contributed by atoms with E-state index in [2.05, 4.69) is 5.32 Å². The lowest BCUT2D eigenvalue weighted by Gasteiger charge is -2.31. The van der Waals surface area contributed by atoms with Crippen LogP contribution >= 0.6 is 34.8 Å². The Morgan fingerprint density at radius 2 is 1.86 bits per heavy atom. The summed E-state index contributed by atoms with van der Waals surface area (Å²) in [5.41, 5.74) is -0.928. The Labute approximate surface area is 136 Å². The molecule has 2 amide bonds. The third-order valence-corrected chi connectivity index (χ3v) is 4.63. The van der Waals surface area contributed by atoms with Crippen molar-refractivity contribution in [2.24, 2.45) is 0 Å². The number of anilines is 1. The van der Waals surface area contributed by atoms with Crippen LogP contribution < -0.4 is 5.32 Å². The maximum Gasteiger partial charge on any atom is 0.329 e. The third-order valence-electron chi connectivity index (χ3n) is 3.60. The third kappa shape index (κ3) is 3.05. The number of amides is 2. The largest absolute Gasteiger partial charge is 0.480 e. The second kappa shape index (κ2) is 5.91. The number of nitrogens with one attached hydrogen (secondary N) is 1. The van der Waals surface area contributed by atoms with Crippen molar-refractivity contribution in [1.29, 1.82) is 0 Å². The van der Waals surface area contributed by atoms with Crippen LogP contribution in [0.5, 0.6) is 0 Å². The number of carbonyl (C=O) groups is 2. The van der Waals surface area contributed by atoms with Gasteiger partial charge in [0.25, 0.3) is 0 Å². The van der Waals surface area contributed by atoms with E-state index in [1.54, 1.807) is 0 Å². The summed E-state index contributed by atoms with van der Waals surface area (Å²) in [6.45, 7) is 1.89. The summed E-state index contributed by atoms with van der Waals surface area (Å²) in [6, 6.07) is 2.32. The Hall–Kier alpha value is -1.17. The van der Waals surface area contributed by atoms with Gasteiger partial charge in [0.1, 0.15) is 5.54 Å². The topological polar surface area (TPSA) is 69.6 Å². The van der Waals surface area contributed by atoms with Crippen molar-refractivity contribution in [3.05, 3.63) is 27.2 Å². The first-order valence-electron chi connectivity index (χ1n) is 6.22. The van der Waals surface area contributed by atoms with Crippen molar-refractivity contribution in [2.45, 2.75) is 25.3 Å². The summed E-state index contributed by atoms with van der Waals surface area (Å²) in [6.07, 6.45) is 1.04. The number of carboxylic acids is 1. The minimum atomic E-state index is -1.22. The number of hydrogen-bond acceptors (Lipinski definition) is 2. The number of likely N-dealkylation sites (tertiary alicyclic amines) is 1. The van der Waals surface area contributed by atoms with E-state index in [4.69, 9.17) is 34.8 Å². The summed E-state index contributed by atoms with van der Waals surface area (Å²) in [7, 11) is 0. The molecule has 0 saturated carbocycles. The highest BCUT2D eigenvalue weighted by Crippen LogP contribution is 2.34. The monoisotopic (exact) mass is 350 g/mol. The van der Waals surface area contributed by atoms with E-state index < -0.39 is 17.5 Å². The van der Waals surface area contributed by atoms with Gasteiger partial charge < -0.3 is 15.3 Å². The molecule has 1 aromatic carbocycles. The van der Waals surface area contributed by atoms with Crippen LogP contribution in [0.25, 0.3) is 0 Å². The number of halogens is 3. The Kier molecular flexibility index (Phi) is 4.56. The van der Waals surface area contributed by atoms with Crippen molar-refractivity contribution in [1.82, 2.24) is 4.90 Å². The van der Waals surface area contributed by atoms with E-state index in [1.165, 1.54) is 24.0 Å². The van der Waals surface area contributed by atoms with Crippen molar-refractivity contribution >= 4 is 52.5 Å². The SMILES string of the molecule is CC1(C(=O)O)CCCN1C(=O)Nc1cc(Cl)c(Cl)cc1Cl. The second-order valence-corrected chi connectivity index (χ2v) is 6.23. The van der Waals surface area contributed by atoms with Gasteiger partial charge in [-0.2, -0.15) is 0 Å². The fourth-order valence-corrected chi connectivity index (χ4v) is 2.91. The highest BCUT2D eigenvalue weighted by Gasteiger charge is 2.46.